The first-order valence-corrected chi connectivity index (χ1v) is 15.9. The molecule has 6 aromatic rings. The Morgan fingerprint density at radius 1 is 0.571 bits per heavy atom. The zero-order chi connectivity index (χ0) is 34.9. The lowest BCUT2D eigenvalue weighted by Gasteiger charge is -2.11. The van der Waals surface area contributed by atoms with Crippen molar-refractivity contribution in [1.29, 1.82) is 0 Å². The van der Waals surface area contributed by atoms with E-state index in [0.29, 0.717) is 22.2 Å². The molecular formula is C36H36ClN9O3. The van der Waals surface area contributed by atoms with Crippen LogP contribution < -0.4 is 26.7 Å². The number of fused-ring (bicyclic) bond motifs is 2. The number of urea groups is 2. The van der Waals surface area contributed by atoms with Crippen molar-refractivity contribution < 1.29 is 14.8 Å². The summed E-state index contributed by atoms with van der Waals surface area (Å²) in [6, 6.07) is 29.7. The van der Waals surface area contributed by atoms with Gasteiger partial charge in [-0.3, -0.25) is 21.3 Å². The van der Waals surface area contributed by atoms with Crippen molar-refractivity contribution >= 4 is 74.3 Å². The summed E-state index contributed by atoms with van der Waals surface area (Å²) in [5.74, 6) is 0.832. The highest BCUT2D eigenvalue weighted by Crippen LogP contribution is 2.22. The molecule has 0 aliphatic heterocycles. The number of carbonyl (C=O) groups is 2. The van der Waals surface area contributed by atoms with Crippen LogP contribution in [-0.2, 0) is 0 Å². The van der Waals surface area contributed by atoms with Crippen LogP contribution in [0, 0.1) is 0 Å². The molecule has 0 bridgehead atoms. The Bertz CT molecular complexity index is 2110. The van der Waals surface area contributed by atoms with Gasteiger partial charge in [0.1, 0.15) is 5.15 Å². The van der Waals surface area contributed by atoms with E-state index in [1.807, 2.05) is 118 Å². The Morgan fingerprint density at radius 3 is 1.49 bits per heavy atom. The summed E-state index contributed by atoms with van der Waals surface area (Å²) in [5.41, 5.74) is 4.81. The van der Waals surface area contributed by atoms with E-state index in [4.69, 9.17) is 16.8 Å². The molecule has 4 aromatic carbocycles. The molecule has 0 radical (unpaired) electrons. The maximum Gasteiger partial charge on any atom is 0.326 e. The lowest BCUT2D eigenvalue weighted by molar-refractivity contribution is 0.261. The standard InChI is InChI=1S/C18H17ClN4O.C18H19N5O2/c1-11(2)15-10-16(19)22-17(21-15)23-18(24)20-14-8-7-12-5-3-4-6-13(12)9-14;1-11(2)15-10-16(23-25)21-17(20-15)22-18(24)19-14-8-7-12-5-3-4-6-13(12)9-14/h3-11H,1-2H3,(H2,20,21,22,23,24);3-11,25H,1-2H3,(H3,19,20,21,22,23,24). The van der Waals surface area contributed by atoms with Crippen molar-refractivity contribution in [1.82, 2.24) is 19.9 Å². The van der Waals surface area contributed by atoms with Crippen LogP contribution in [0.3, 0.4) is 0 Å². The van der Waals surface area contributed by atoms with Gasteiger partial charge in [0.2, 0.25) is 11.9 Å². The van der Waals surface area contributed by atoms with E-state index in [9.17, 15) is 9.59 Å². The maximum absolute atomic E-state index is 12.2. The van der Waals surface area contributed by atoms with Gasteiger partial charge in [0.15, 0.2) is 5.82 Å². The second-order valence-electron chi connectivity index (χ2n) is 11.6. The molecule has 13 heteroatoms. The quantitative estimate of drug-likeness (QED) is 0.0718. The summed E-state index contributed by atoms with van der Waals surface area (Å²) < 4.78 is 0. The van der Waals surface area contributed by atoms with Gasteiger partial charge in [0.05, 0.1) is 11.4 Å². The van der Waals surface area contributed by atoms with E-state index in [1.165, 1.54) is 0 Å². The van der Waals surface area contributed by atoms with E-state index in [0.717, 1.165) is 27.2 Å². The van der Waals surface area contributed by atoms with Crippen LogP contribution in [0.4, 0.5) is 38.7 Å². The molecule has 0 unspecified atom stereocenters. The Balaban J connectivity index is 0.000000191. The van der Waals surface area contributed by atoms with E-state index >= 15 is 0 Å². The lowest BCUT2D eigenvalue weighted by atomic mass is 10.1. The summed E-state index contributed by atoms with van der Waals surface area (Å²) in [7, 11) is 0. The van der Waals surface area contributed by atoms with Crippen LogP contribution in [0.25, 0.3) is 21.5 Å². The minimum absolute atomic E-state index is 0.112. The Labute approximate surface area is 288 Å². The van der Waals surface area contributed by atoms with Crippen LogP contribution in [0.5, 0.6) is 0 Å². The first-order valence-electron chi connectivity index (χ1n) is 15.5. The maximum atomic E-state index is 12.2. The Kier molecular flexibility index (Phi) is 11.1. The first kappa shape index (κ1) is 34.5. The number of amides is 4. The summed E-state index contributed by atoms with van der Waals surface area (Å²) in [6.07, 6.45) is 0. The van der Waals surface area contributed by atoms with E-state index < -0.39 is 12.1 Å². The van der Waals surface area contributed by atoms with Gasteiger partial charge >= 0.3 is 12.1 Å². The van der Waals surface area contributed by atoms with Gasteiger partial charge in [-0.15, -0.1) is 0 Å². The second-order valence-corrected chi connectivity index (χ2v) is 12.0. The smallest absolute Gasteiger partial charge is 0.308 e. The van der Waals surface area contributed by atoms with Crippen LogP contribution in [0.1, 0.15) is 50.9 Å². The first-order chi connectivity index (χ1) is 23.6. The van der Waals surface area contributed by atoms with Crippen molar-refractivity contribution in [2.75, 3.05) is 26.7 Å². The molecule has 0 saturated heterocycles. The van der Waals surface area contributed by atoms with Crippen molar-refractivity contribution in [3.8, 4) is 0 Å². The predicted molar refractivity (Wildman–Crippen MR) is 196 cm³/mol. The highest BCUT2D eigenvalue weighted by Gasteiger charge is 2.12. The van der Waals surface area contributed by atoms with Crippen LogP contribution in [0.15, 0.2) is 97.1 Å². The number of aromatic nitrogens is 4. The number of carbonyl (C=O) groups excluding carboxylic acids is 2. The zero-order valence-electron chi connectivity index (χ0n) is 27.3. The van der Waals surface area contributed by atoms with E-state index in [1.54, 1.807) is 12.1 Å². The van der Waals surface area contributed by atoms with Gasteiger partial charge in [-0.1, -0.05) is 100.0 Å². The van der Waals surface area contributed by atoms with Gasteiger partial charge in [-0.05, 0) is 63.7 Å². The van der Waals surface area contributed by atoms with Crippen LogP contribution in [0.2, 0.25) is 5.15 Å². The molecule has 250 valence electrons. The van der Waals surface area contributed by atoms with Gasteiger partial charge in [0.25, 0.3) is 0 Å². The number of benzene rings is 4. The minimum atomic E-state index is -0.458. The topological polar surface area (TPSA) is 166 Å². The van der Waals surface area contributed by atoms with Gasteiger partial charge in [0, 0.05) is 17.4 Å². The molecule has 49 heavy (non-hydrogen) atoms. The highest BCUT2D eigenvalue weighted by molar-refractivity contribution is 6.29. The number of hydrogen-bond acceptors (Lipinski definition) is 8. The fourth-order valence-electron chi connectivity index (χ4n) is 4.72. The monoisotopic (exact) mass is 677 g/mol. The van der Waals surface area contributed by atoms with Crippen molar-refractivity contribution in [2.45, 2.75) is 39.5 Å². The fourth-order valence-corrected chi connectivity index (χ4v) is 4.92. The molecule has 2 heterocycles. The molecular weight excluding hydrogens is 642 g/mol. The molecule has 4 amide bonds. The third-order valence-electron chi connectivity index (χ3n) is 7.22. The molecule has 2 aromatic heterocycles. The number of rotatable bonds is 7. The van der Waals surface area contributed by atoms with Gasteiger partial charge < -0.3 is 10.6 Å². The Morgan fingerprint density at radius 2 is 1.02 bits per heavy atom. The fraction of sp³-hybridized carbons (Fsp3) is 0.167. The van der Waals surface area contributed by atoms with E-state index in [-0.39, 0.29) is 29.6 Å². The Hall–Kier alpha value is -5.85. The van der Waals surface area contributed by atoms with Crippen LogP contribution in [-0.4, -0.2) is 37.2 Å². The number of halogens is 1. The largest absolute Gasteiger partial charge is 0.326 e. The minimum Gasteiger partial charge on any atom is -0.308 e. The number of nitrogens with one attached hydrogen (secondary N) is 5. The van der Waals surface area contributed by atoms with Crippen LogP contribution >= 0.6 is 11.6 Å². The molecule has 12 nitrogen and oxygen atoms in total. The molecule has 0 atom stereocenters. The van der Waals surface area contributed by atoms with Crippen molar-refractivity contribution in [2.24, 2.45) is 0 Å². The summed E-state index contributed by atoms with van der Waals surface area (Å²) in [5, 5.41) is 24.4. The SMILES string of the molecule is CC(C)c1cc(Cl)nc(NC(=O)Nc2ccc3ccccc3c2)n1.CC(C)c1cc(NO)nc(NC(=O)Nc2ccc3ccccc3c2)n1. The zero-order valence-corrected chi connectivity index (χ0v) is 28.1. The lowest BCUT2D eigenvalue weighted by Crippen LogP contribution is -2.21. The number of hydrogen-bond donors (Lipinski definition) is 6. The van der Waals surface area contributed by atoms with Gasteiger partial charge in [-0.25, -0.2) is 24.5 Å². The molecule has 0 fully saturated rings. The van der Waals surface area contributed by atoms with Crippen molar-refractivity contribution in [3.05, 3.63) is 114 Å². The molecule has 0 aliphatic carbocycles. The third kappa shape index (κ3) is 9.60. The second kappa shape index (κ2) is 15.8. The summed E-state index contributed by atoms with van der Waals surface area (Å²) in [6.45, 7) is 7.92. The van der Waals surface area contributed by atoms with Gasteiger partial charge in [-0.2, -0.15) is 4.98 Å². The third-order valence-corrected chi connectivity index (χ3v) is 7.42. The molecule has 0 saturated carbocycles. The molecule has 0 aliphatic rings. The summed E-state index contributed by atoms with van der Waals surface area (Å²) in [4.78, 5) is 41.0. The van der Waals surface area contributed by atoms with E-state index in [2.05, 4.69) is 41.2 Å². The highest BCUT2D eigenvalue weighted by atomic mass is 35.5. The average Bonchev–Trinajstić information content (AvgIpc) is 3.07. The number of nitrogens with zero attached hydrogens (tertiary/aromatic N) is 4. The average molecular weight is 678 g/mol. The molecule has 6 rings (SSSR count). The summed E-state index contributed by atoms with van der Waals surface area (Å²) >= 11 is 5.98. The number of anilines is 5. The predicted octanol–water partition coefficient (Wildman–Crippen LogP) is 9.25. The molecule has 6 N–H and O–H groups in total. The molecule has 0 spiro atoms. The normalized spacial score (nSPS) is 10.8. The van der Waals surface area contributed by atoms with Crippen molar-refractivity contribution in [3.63, 3.8) is 0 Å².